The summed E-state index contributed by atoms with van der Waals surface area (Å²) in [6, 6.07) is 0. The molecule has 0 atom stereocenters. The lowest BCUT2D eigenvalue weighted by Crippen LogP contribution is -2.37. The molecule has 0 saturated heterocycles. The molecule has 0 amide bonds. The molecule has 0 rings (SSSR count). The zero-order chi connectivity index (χ0) is 17.9. The van der Waals surface area contributed by atoms with Gasteiger partial charge in [-0.05, 0) is 32.1 Å². The molecular weight excluding hydrogens is 300 g/mol. The zero-order valence-corrected chi connectivity index (χ0v) is 16.0. The first kappa shape index (κ1) is 23.6. The molecule has 0 heterocycles. The number of allylic oxidation sites excluding steroid dienone is 2. The van der Waals surface area contributed by atoms with Crippen molar-refractivity contribution in [3.63, 3.8) is 0 Å². The highest BCUT2D eigenvalue weighted by Crippen LogP contribution is 2.16. The number of rotatable bonds is 18. The summed E-state index contributed by atoms with van der Waals surface area (Å²) in [5, 5.41) is 27.7. The molecule has 0 bridgehead atoms. The van der Waals surface area contributed by atoms with Crippen LogP contribution in [-0.4, -0.2) is 34.1 Å². The first-order valence-corrected chi connectivity index (χ1v) is 10.3. The third kappa shape index (κ3) is 15.2. The van der Waals surface area contributed by atoms with Crippen LogP contribution in [0.25, 0.3) is 0 Å². The van der Waals surface area contributed by atoms with E-state index in [1.807, 2.05) is 0 Å². The molecule has 0 unspecified atom stereocenters. The van der Waals surface area contributed by atoms with Crippen molar-refractivity contribution in [2.24, 2.45) is 0 Å². The maximum atomic E-state index is 9.74. The van der Waals surface area contributed by atoms with Gasteiger partial charge in [0, 0.05) is 0 Å². The first-order valence-electron chi connectivity index (χ1n) is 10.3. The van der Waals surface area contributed by atoms with Crippen LogP contribution in [0.4, 0.5) is 0 Å². The van der Waals surface area contributed by atoms with E-state index in [0.29, 0.717) is 6.42 Å². The van der Waals surface area contributed by atoms with Gasteiger partial charge in [0.15, 0.2) is 0 Å². The average Bonchev–Trinajstić information content (AvgIpc) is 2.61. The summed E-state index contributed by atoms with van der Waals surface area (Å²) in [6.45, 7) is 1.56. The van der Waals surface area contributed by atoms with Gasteiger partial charge in [-0.3, -0.25) is 0 Å². The van der Waals surface area contributed by atoms with Crippen molar-refractivity contribution >= 4 is 0 Å². The molecule has 3 N–H and O–H groups in total. The molecule has 0 aliphatic rings. The van der Waals surface area contributed by atoms with Gasteiger partial charge in [0.25, 0.3) is 0 Å². The third-order valence-corrected chi connectivity index (χ3v) is 4.74. The van der Waals surface area contributed by atoms with E-state index in [4.69, 9.17) is 10.2 Å². The number of hydrogen-bond donors (Lipinski definition) is 3. The van der Waals surface area contributed by atoms with Crippen molar-refractivity contribution in [1.82, 2.24) is 0 Å². The standard InChI is InChI=1S/C21H42O3/c1-2-3-4-5-6-7-8-9-10-11-12-13-14-15-16-17-18-21(24,19-22)20-23/h9-10,22-24H,2-8,11-20H2,1H3. The Morgan fingerprint density at radius 3 is 1.50 bits per heavy atom. The van der Waals surface area contributed by atoms with Gasteiger partial charge < -0.3 is 15.3 Å². The van der Waals surface area contributed by atoms with Gasteiger partial charge >= 0.3 is 0 Å². The van der Waals surface area contributed by atoms with E-state index in [-0.39, 0.29) is 13.2 Å². The first-order chi connectivity index (χ1) is 11.7. The highest BCUT2D eigenvalue weighted by atomic mass is 16.4. The molecule has 144 valence electrons. The van der Waals surface area contributed by atoms with Crippen LogP contribution >= 0.6 is 0 Å². The van der Waals surface area contributed by atoms with Crippen LogP contribution in [0.3, 0.4) is 0 Å². The number of hydrogen-bond acceptors (Lipinski definition) is 3. The van der Waals surface area contributed by atoms with Crippen molar-refractivity contribution in [2.75, 3.05) is 13.2 Å². The van der Waals surface area contributed by atoms with E-state index in [1.165, 1.54) is 77.0 Å². The fourth-order valence-corrected chi connectivity index (χ4v) is 2.91. The van der Waals surface area contributed by atoms with Crippen molar-refractivity contribution in [3.8, 4) is 0 Å². The summed E-state index contributed by atoms with van der Waals surface area (Å²) < 4.78 is 0. The summed E-state index contributed by atoms with van der Waals surface area (Å²) in [5.74, 6) is 0. The van der Waals surface area contributed by atoms with Crippen molar-refractivity contribution in [1.29, 1.82) is 0 Å². The van der Waals surface area contributed by atoms with E-state index in [2.05, 4.69) is 19.1 Å². The lowest BCUT2D eigenvalue weighted by molar-refractivity contribution is -0.0616. The minimum atomic E-state index is -1.28. The Labute approximate surface area is 150 Å². The maximum Gasteiger partial charge on any atom is 0.111 e. The van der Waals surface area contributed by atoms with Crippen molar-refractivity contribution in [3.05, 3.63) is 12.2 Å². The monoisotopic (exact) mass is 342 g/mol. The van der Waals surface area contributed by atoms with Crippen LogP contribution in [0.2, 0.25) is 0 Å². The molecule has 24 heavy (non-hydrogen) atoms. The van der Waals surface area contributed by atoms with Gasteiger partial charge in [0.05, 0.1) is 13.2 Å². The molecule has 0 saturated carbocycles. The normalized spacial score (nSPS) is 12.3. The summed E-state index contributed by atoms with van der Waals surface area (Å²) in [5.41, 5.74) is -1.28. The Balaban J connectivity index is 3.23. The zero-order valence-electron chi connectivity index (χ0n) is 16.0. The van der Waals surface area contributed by atoms with Gasteiger partial charge in [-0.25, -0.2) is 0 Å². The predicted molar refractivity (Wildman–Crippen MR) is 103 cm³/mol. The fourth-order valence-electron chi connectivity index (χ4n) is 2.91. The molecule has 0 aromatic heterocycles. The summed E-state index contributed by atoms with van der Waals surface area (Å²) >= 11 is 0. The highest BCUT2D eigenvalue weighted by molar-refractivity contribution is 4.81. The SMILES string of the molecule is CCCCCCCCC=CCCCCCCCCC(O)(CO)CO. The summed E-state index contributed by atoms with van der Waals surface area (Å²) in [7, 11) is 0. The van der Waals surface area contributed by atoms with Crippen LogP contribution in [0, 0.1) is 0 Å². The van der Waals surface area contributed by atoms with Gasteiger partial charge in [-0.2, -0.15) is 0 Å². The third-order valence-electron chi connectivity index (χ3n) is 4.74. The molecular formula is C21H42O3. The van der Waals surface area contributed by atoms with Crippen LogP contribution in [0.1, 0.15) is 103 Å². The van der Waals surface area contributed by atoms with E-state index in [1.54, 1.807) is 0 Å². The van der Waals surface area contributed by atoms with E-state index < -0.39 is 5.60 Å². The molecule has 0 fully saturated rings. The Morgan fingerprint density at radius 1 is 0.625 bits per heavy atom. The van der Waals surface area contributed by atoms with Crippen molar-refractivity contribution < 1.29 is 15.3 Å². The average molecular weight is 343 g/mol. The second-order valence-electron chi connectivity index (χ2n) is 7.23. The highest BCUT2D eigenvalue weighted by Gasteiger charge is 2.23. The van der Waals surface area contributed by atoms with E-state index in [9.17, 15) is 5.11 Å². The molecule has 0 aliphatic carbocycles. The number of unbranched alkanes of at least 4 members (excludes halogenated alkanes) is 12. The minimum absolute atomic E-state index is 0.353. The quantitative estimate of drug-likeness (QED) is 0.239. The lowest BCUT2D eigenvalue weighted by atomic mass is 9.97. The van der Waals surface area contributed by atoms with Gasteiger partial charge in [0.1, 0.15) is 5.60 Å². The Bertz CT molecular complexity index is 272. The van der Waals surface area contributed by atoms with Crippen LogP contribution in [0.15, 0.2) is 12.2 Å². The van der Waals surface area contributed by atoms with Crippen molar-refractivity contribution in [2.45, 2.75) is 109 Å². The molecule has 0 aliphatic heterocycles. The number of aliphatic hydroxyl groups excluding tert-OH is 2. The molecule has 0 spiro atoms. The van der Waals surface area contributed by atoms with Crippen LogP contribution < -0.4 is 0 Å². The number of aliphatic hydroxyl groups is 3. The van der Waals surface area contributed by atoms with Crippen LogP contribution in [0.5, 0.6) is 0 Å². The topological polar surface area (TPSA) is 60.7 Å². The fraction of sp³-hybridized carbons (Fsp3) is 0.905. The minimum Gasteiger partial charge on any atom is -0.393 e. The van der Waals surface area contributed by atoms with Crippen LogP contribution in [-0.2, 0) is 0 Å². The summed E-state index contributed by atoms with van der Waals surface area (Å²) in [4.78, 5) is 0. The van der Waals surface area contributed by atoms with Gasteiger partial charge in [-0.1, -0.05) is 83.3 Å². The summed E-state index contributed by atoms with van der Waals surface area (Å²) in [6.07, 6.45) is 22.7. The predicted octanol–water partition coefficient (Wildman–Crippen LogP) is 5.13. The van der Waals surface area contributed by atoms with Gasteiger partial charge in [-0.15, -0.1) is 0 Å². The van der Waals surface area contributed by atoms with E-state index >= 15 is 0 Å². The van der Waals surface area contributed by atoms with E-state index in [0.717, 1.165) is 12.8 Å². The maximum absolute atomic E-state index is 9.74. The van der Waals surface area contributed by atoms with Gasteiger partial charge in [0.2, 0.25) is 0 Å². The molecule has 3 nitrogen and oxygen atoms in total. The Morgan fingerprint density at radius 2 is 1.04 bits per heavy atom. The molecule has 0 radical (unpaired) electrons. The molecule has 3 heteroatoms. The lowest BCUT2D eigenvalue weighted by Gasteiger charge is -2.22. The Hall–Kier alpha value is -0.380. The molecule has 0 aromatic rings. The molecule has 0 aromatic carbocycles. The second kappa shape index (κ2) is 17.4. The largest absolute Gasteiger partial charge is 0.393 e. The second-order valence-corrected chi connectivity index (χ2v) is 7.23. The smallest absolute Gasteiger partial charge is 0.111 e. The Kier molecular flexibility index (Phi) is 17.2.